The van der Waals surface area contributed by atoms with Crippen LogP contribution in [0.1, 0.15) is 16.2 Å². The highest BCUT2D eigenvalue weighted by Gasteiger charge is 2.14. The fraction of sp³-hybridized carbons (Fsp3) is 0. The number of nitrogens with one attached hydrogen (secondary N) is 1. The van der Waals surface area contributed by atoms with Crippen molar-refractivity contribution in [1.82, 2.24) is 15.7 Å². The van der Waals surface area contributed by atoms with E-state index in [1.54, 1.807) is 24.3 Å². The molecule has 0 saturated heterocycles. The fourth-order valence-corrected chi connectivity index (χ4v) is 1.88. The van der Waals surface area contributed by atoms with Gasteiger partial charge in [0.05, 0.1) is 6.21 Å². The molecule has 2 heterocycles. The Morgan fingerprint density at radius 2 is 2.00 bits per heavy atom. The molecule has 1 amide bonds. The zero-order valence-electron chi connectivity index (χ0n) is 11.6. The van der Waals surface area contributed by atoms with Crippen molar-refractivity contribution < 1.29 is 13.8 Å². The maximum Gasteiger partial charge on any atom is 0.297 e. The van der Waals surface area contributed by atoms with E-state index in [4.69, 9.17) is 21.8 Å². The summed E-state index contributed by atoms with van der Waals surface area (Å²) in [6.45, 7) is 0. The Bertz CT molecular complexity index is 853. The van der Waals surface area contributed by atoms with Crippen molar-refractivity contribution in [3.05, 3.63) is 52.9 Å². The summed E-state index contributed by atoms with van der Waals surface area (Å²) >= 11 is 5.84. The van der Waals surface area contributed by atoms with Gasteiger partial charge < -0.3 is 10.2 Å². The van der Waals surface area contributed by atoms with E-state index in [2.05, 4.69) is 25.5 Å². The third kappa shape index (κ3) is 3.38. The van der Waals surface area contributed by atoms with Crippen LogP contribution in [0.3, 0.4) is 0 Å². The molecule has 0 saturated carbocycles. The minimum Gasteiger partial charge on any atom is -0.455 e. The van der Waals surface area contributed by atoms with Crippen LogP contribution in [0.4, 0.5) is 5.82 Å². The van der Waals surface area contributed by atoms with Crippen LogP contribution in [0.15, 0.2) is 50.5 Å². The number of hydrazone groups is 1. The van der Waals surface area contributed by atoms with Gasteiger partial charge in [-0.25, -0.2) is 10.1 Å². The highest BCUT2D eigenvalue weighted by molar-refractivity contribution is 6.30. The summed E-state index contributed by atoms with van der Waals surface area (Å²) in [5.41, 5.74) is 8.37. The largest absolute Gasteiger partial charge is 0.455 e. The summed E-state index contributed by atoms with van der Waals surface area (Å²) in [4.78, 5) is 11.7. The molecule has 3 aromatic rings. The van der Waals surface area contributed by atoms with Gasteiger partial charge in [0.15, 0.2) is 0 Å². The molecule has 0 unspecified atom stereocenters. The number of nitrogens with two attached hydrogens (primary N) is 1. The van der Waals surface area contributed by atoms with Crippen molar-refractivity contribution in [3.8, 4) is 11.3 Å². The maximum absolute atomic E-state index is 11.7. The first-order valence-corrected chi connectivity index (χ1v) is 6.78. The lowest BCUT2D eigenvalue weighted by Crippen LogP contribution is -2.19. The average Bonchev–Trinajstić information content (AvgIpc) is 3.17. The molecule has 3 N–H and O–H groups in total. The molecule has 0 aliphatic rings. The second-order valence-corrected chi connectivity index (χ2v) is 4.84. The van der Waals surface area contributed by atoms with E-state index in [1.807, 2.05) is 12.1 Å². The molecule has 8 nitrogen and oxygen atoms in total. The van der Waals surface area contributed by atoms with Crippen molar-refractivity contribution in [2.45, 2.75) is 0 Å². The monoisotopic (exact) mass is 331 g/mol. The molecule has 0 radical (unpaired) electrons. The SMILES string of the molecule is Nc1nonc1C(=O)N/N=C\c1ccc(-c2ccc(Cl)cc2)o1. The lowest BCUT2D eigenvalue weighted by atomic mass is 10.2. The molecule has 0 fully saturated rings. The van der Waals surface area contributed by atoms with E-state index in [1.165, 1.54) is 6.21 Å². The van der Waals surface area contributed by atoms with E-state index in [0.717, 1.165) is 5.56 Å². The van der Waals surface area contributed by atoms with Gasteiger partial charge in [-0.2, -0.15) is 5.10 Å². The number of carbonyl (C=O) groups excluding carboxylic acids is 1. The fourth-order valence-electron chi connectivity index (χ4n) is 1.75. The molecule has 1 aromatic carbocycles. The topological polar surface area (TPSA) is 120 Å². The van der Waals surface area contributed by atoms with E-state index in [0.29, 0.717) is 16.5 Å². The Kier molecular flexibility index (Phi) is 4.07. The molecule has 3 rings (SSSR count). The van der Waals surface area contributed by atoms with Crippen LogP contribution in [0, 0.1) is 0 Å². The second kappa shape index (κ2) is 6.32. The van der Waals surface area contributed by atoms with Crippen molar-refractivity contribution in [1.29, 1.82) is 0 Å². The highest BCUT2D eigenvalue weighted by atomic mass is 35.5. The van der Waals surface area contributed by atoms with E-state index in [-0.39, 0.29) is 11.5 Å². The second-order valence-electron chi connectivity index (χ2n) is 4.41. The van der Waals surface area contributed by atoms with Crippen LogP contribution < -0.4 is 11.2 Å². The zero-order valence-corrected chi connectivity index (χ0v) is 12.3. The third-order valence-electron chi connectivity index (χ3n) is 2.84. The predicted octanol–water partition coefficient (Wildman–Crippen LogP) is 2.33. The molecule has 0 atom stereocenters. The number of amides is 1. The van der Waals surface area contributed by atoms with Gasteiger partial charge in [-0.1, -0.05) is 11.6 Å². The Labute approximate surface area is 134 Å². The summed E-state index contributed by atoms with van der Waals surface area (Å²) in [7, 11) is 0. The molecule has 23 heavy (non-hydrogen) atoms. The summed E-state index contributed by atoms with van der Waals surface area (Å²) in [6, 6.07) is 10.7. The quantitative estimate of drug-likeness (QED) is 0.559. The van der Waals surface area contributed by atoms with Crippen molar-refractivity contribution in [2.24, 2.45) is 5.10 Å². The minimum absolute atomic E-state index is 0.110. The molecule has 0 spiro atoms. The minimum atomic E-state index is -0.635. The summed E-state index contributed by atoms with van der Waals surface area (Å²) in [5.74, 6) is 0.367. The van der Waals surface area contributed by atoms with Crippen LogP contribution in [0.25, 0.3) is 11.3 Å². The number of aromatic nitrogens is 2. The van der Waals surface area contributed by atoms with Gasteiger partial charge in [-0.05, 0) is 46.7 Å². The van der Waals surface area contributed by atoms with Gasteiger partial charge in [0.25, 0.3) is 5.91 Å². The van der Waals surface area contributed by atoms with Crippen molar-refractivity contribution in [3.63, 3.8) is 0 Å². The van der Waals surface area contributed by atoms with Crippen LogP contribution in [-0.2, 0) is 0 Å². The van der Waals surface area contributed by atoms with E-state index in [9.17, 15) is 4.79 Å². The smallest absolute Gasteiger partial charge is 0.297 e. The zero-order chi connectivity index (χ0) is 16.2. The van der Waals surface area contributed by atoms with Gasteiger partial charge in [0.1, 0.15) is 11.5 Å². The first-order chi connectivity index (χ1) is 11.1. The number of halogens is 1. The lowest BCUT2D eigenvalue weighted by Gasteiger charge is -1.96. The number of hydrogen-bond acceptors (Lipinski definition) is 7. The van der Waals surface area contributed by atoms with Crippen LogP contribution in [0.2, 0.25) is 5.02 Å². The lowest BCUT2D eigenvalue weighted by molar-refractivity contribution is 0.0946. The molecule has 9 heteroatoms. The number of rotatable bonds is 4. The molecule has 0 aliphatic heterocycles. The predicted molar refractivity (Wildman–Crippen MR) is 82.9 cm³/mol. The highest BCUT2D eigenvalue weighted by Crippen LogP contribution is 2.23. The van der Waals surface area contributed by atoms with Crippen molar-refractivity contribution in [2.75, 3.05) is 5.73 Å². The molecule has 0 bridgehead atoms. The molecular formula is C14H10ClN5O3. The molecule has 116 valence electrons. The number of hydrogen-bond donors (Lipinski definition) is 2. The van der Waals surface area contributed by atoms with Gasteiger partial charge in [0, 0.05) is 10.6 Å². The van der Waals surface area contributed by atoms with Gasteiger partial charge >= 0.3 is 0 Å². The molecule has 2 aromatic heterocycles. The number of benzene rings is 1. The summed E-state index contributed by atoms with van der Waals surface area (Å²) in [5, 5.41) is 11.1. The van der Waals surface area contributed by atoms with Gasteiger partial charge in [-0.15, -0.1) is 0 Å². The number of furan rings is 1. The maximum atomic E-state index is 11.7. The normalized spacial score (nSPS) is 11.0. The Morgan fingerprint density at radius 3 is 2.70 bits per heavy atom. The van der Waals surface area contributed by atoms with Gasteiger partial charge in [-0.3, -0.25) is 4.79 Å². The molecular weight excluding hydrogens is 322 g/mol. The number of nitrogen functional groups attached to an aromatic ring is 1. The van der Waals surface area contributed by atoms with Crippen molar-refractivity contribution >= 4 is 29.5 Å². The molecule has 0 aliphatic carbocycles. The Hall–Kier alpha value is -3.13. The van der Waals surface area contributed by atoms with Gasteiger partial charge in [0.2, 0.25) is 11.5 Å². The van der Waals surface area contributed by atoms with Crippen LogP contribution in [-0.4, -0.2) is 22.4 Å². The standard InChI is InChI=1S/C14H10ClN5O3/c15-9-3-1-8(2-4-9)11-6-5-10(22-11)7-17-18-14(21)12-13(16)20-23-19-12/h1-7H,(H2,16,20)(H,18,21)/b17-7-. The summed E-state index contributed by atoms with van der Waals surface area (Å²) < 4.78 is 9.92. The first-order valence-electron chi connectivity index (χ1n) is 6.40. The first kappa shape index (κ1) is 14.8. The van der Waals surface area contributed by atoms with Crippen LogP contribution in [0.5, 0.6) is 0 Å². The third-order valence-corrected chi connectivity index (χ3v) is 3.09. The van der Waals surface area contributed by atoms with Crippen LogP contribution >= 0.6 is 11.6 Å². The summed E-state index contributed by atoms with van der Waals surface area (Å²) in [6.07, 6.45) is 1.35. The van der Waals surface area contributed by atoms with E-state index < -0.39 is 5.91 Å². The Morgan fingerprint density at radius 1 is 1.22 bits per heavy atom. The average molecular weight is 332 g/mol. The number of anilines is 1. The number of carbonyl (C=O) groups is 1. The Balaban J connectivity index is 1.66. The van der Waals surface area contributed by atoms with E-state index >= 15 is 0 Å². The number of nitrogens with zero attached hydrogens (tertiary/aromatic N) is 3.